The van der Waals surface area contributed by atoms with E-state index in [1.165, 1.54) is 10.5 Å². The Morgan fingerprint density at radius 2 is 1.85 bits per heavy atom. The van der Waals surface area contributed by atoms with Gasteiger partial charge in [0.15, 0.2) is 0 Å². The number of aryl methyl sites for hydroxylation is 1. The maximum absolute atomic E-state index is 12.6. The van der Waals surface area contributed by atoms with E-state index in [4.69, 9.17) is 0 Å². The smallest absolute Gasteiger partial charge is 0.226 e. The van der Waals surface area contributed by atoms with Crippen molar-refractivity contribution >= 4 is 23.6 Å². The fourth-order valence-electron chi connectivity index (χ4n) is 3.65. The number of nitrogens with zero attached hydrogens (tertiary/aromatic N) is 1. The molecule has 2 aliphatic heterocycles. The Morgan fingerprint density at radius 3 is 2.58 bits per heavy atom. The molecule has 2 fully saturated rings. The van der Waals surface area contributed by atoms with E-state index >= 15 is 0 Å². The summed E-state index contributed by atoms with van der Waals surface area (Å²) in [6, 6.07) is 8.43. The molecule has 0 radical (unpaired) electrons. The molecule has 6 heteroatoms. The molecular weight excluding hydrogens is 346 g/mol. The second kappa shape index (κ2) is 9.42. The summed E-state index contributed by atoms with van der Waals surface area (Å²) in [5, 5.41) is 6.32. The first-order valence-corrected chi connectivity index (χ1v) is 10.6. The number of amides is 2. The van der Waals surface area contributed by atoms with Gasteiger partial charge < -0.3 is 15.5 Å². The van der Waals surface area contributed by atoms with Gasteiger partial charge in [0, 0.05) is 43.4 Å². The van der Waals surface area contributed by atoms with Gasteiger partial charge in [-0.25, -0.2) is 0 Å². The van der Waals surface area contributed by atoms with Crippen LogP contribution < -0.4 is 10.6 Å². The van der Waals surface area contributed by atoms with Crippen molar-refractivity contribution in [1.82, 2.24) is 15.5 Å². The van der Waals surface area contributed by atoms with Crippen molar-refractivity contribution in [2.45, 2.75) is 31.1 Å². The summed E-state index contributed by atoms with van der Waals surface area (Å²) in [6.07, 6.45) is 2.88. The molecule has 2 saturated heterocycles. The number of nitrogens with one attached hydrogen (secondary N) is 2. The standard InChI is InChI=1S/C20H29N3O2S/c1-15-4-6-18(7-5-15)26-11-8-22-19(24)16-12-17(14-21-13-16)20(25)23-9-2-3-10-23/h4-7,16-17,21H,2-3,8-14H2,1H3,(H,22,24)/t16-,17-/m1/s1. The van der Waals surface area contributed by atoms with E-state index < -0.39 is 0 Å². The van der Waals surface area contributed by atoms with Crippen LogP contribution in [0.1, 0.15) is 24.8 Å². The third-order valence-corrected chi connectivity index (χ3v) is 6.19. The summed E-state index contributed by atoms with van der Waals surface area (Å²) in [6.45, 7) is 5.85. The zero-order chi connectivity index (χ0) is 18.4. The lowest BCUT2D eigenvalue weighted by molar-refractivity contribution is -0.136. The number of benzene rings is 1. The summed E-state index contributed by atoms with van der Waals surface area (Å²) in [7, 11) is 0. The maximum atomic E-state index is 12.6. The first-order valence-electron chi connectivity index (χ1n) is 9.60. The highest BCUT2D eigenvalue weighted by Crippen LogP contribution is 2.22. The number of carbonyl (C=O) groups is 2. The van der Waals surface area contributed by atoms with E-state index in [0.29, 0.717) is 26.1 Å². The van der Waals surface area contributed by atoms with Crippen LogP contribution in [0.3, 0.4) is 0 Å². The largest absolute Gasteiger partial charge is 0.355 e. The third kappa shape index (κ3) is 5.24. The number of carbonyl (C=O) groups excluding carboxylic acids is 2. The van der Waals surface area contributed by atoms with Crippen LogP contribution in [0.4, 0.5) is 0 Å². The summed E-state index contributed by atoms with van der Waals surface area (Å²) in [5.41, 5.74) is 1.26. The predicted molar refractivity (Wildman–Crippen MR) is 105 cm³/mol. The molecule has 1 aromatic carbocycles. The molecule has 0 aliphatic carbocycles. The number of hydrogen-bond acceptors (Lipinski definition) is 4. The Bertz CT molecular complexity index is 614. The van der Waals surface area contributed by atoms with Crippen LogP contribution in [0.15, 0.2) is 29.2 Å². The van der Waals surface area contributed by atoms with Gasteiger partial charge in [-0.15, -0.1) is 11.8 Å². The molecule has 2 heterocycles. The van der Waals surface area contributed by atoms with Crippen LogP contribution in [0.25, 0.3) is 0 Å². The van der Waals surface area contributed by atoms with Gasteiger partial charge in [-0.2, -0.15) is 0 Å². The molecule has 2 amide bonds. The van der Waals surface area contributed by atoms with E-state index in [2.05, 4.69) is 41.8 Å². The van der Waals surface area contributed by atoms with Gasteiger partial charge in [-0.3, -0.25) is 9.59 Å². The van der Waals surface area contributed by atoms with Crippen LogP contribution in [-0.2, 0) is 9.59 Å². The van der Waals surface area contributed by atoms with Gasteiger partial charge in [0.05, 0.1) is 11.8 Å². The Morgan fingerprint density at radius 1 is 1.15 bits per heavy atom. The molecule has 2 atom stereocenters. The average molecular weight is 376 g/mol. The van der Waals surface area contributed by atoms with Gasteiger partial charge in [0.2, 0.25) is 11.8 Å². The number of rotatable bonds is 6. The Labute approximate surface area is 160 Å². The Balaban J connectivity index is 1.39. The molecular formula is C20H29N3O2S. The molecule has 0 saturated carbocycles. The highest BCUT2D eigenvalue weighted by Gasteiger charge is 2.33. The van der Waals surface area contributed by atoms with Crippen molar-refractivity contribution in [2.24, 2.45) is 11.8 Å². The van der Waals surface area contributed by atoms with Gasteiger partial charge in [-0.05, 0) is 38.3 Å². The molecule has 3 rings (SSSR count). The van der Waals surface area contributed by atoms with Gasteiger partial charge in [0.1, 0.15) is 0 Å². The Kier molecular flexibility index (Phi) is 6.97. The minimum absolute atomic E-state index is 0.0560. The predicted octanol–water partition coefficient (Wildman–Crippen LogP) is 2.05. The second-order valence-corrected chi connectivity index (χ2v) is 8.44. The fraction of sp³-hybridized carbons (Fsp3) is 0.600. The van der Waals surface area contributed by atoms with Gasteiger partial charge in [0.25, 0.3) is 0 Å². The first-order chi connectivity index (χ1) is 12.6. The van der Waals surface area contributed by atoms with Crippen LogP contribution >= 0.6 is 11.8 Å². The van der Waals surface area contributed by atoms with E-state index in [1.807, 2.05) is 4.90 Å². The van der Waals surface area contributed by atoms with Crippen LogP contribution in [0.5, 0.6) is 0 Å². The monoisotopic (exact) mass is 375 g/mol. The minimum atomic E-state index is -0.107. The van der Waals surface area contributed by atoms with Crippen molar-refractivity contribution < 1.29 is 9.59 Å². The molecule has 0 aromatic heterocycles. The maximum Gasteiger partial charge on any atom is 0.226 e. The van der Waals surface area contributed by atoms with Crippen molar-refractivity contribution in [1.29, 1.82) is 0 Å². The Hall–Kier alpha value is -1.53. The van der Waals surface area contributed by atoms with Crippen molar-refractivity contribution in [3.05, 3.63) is 29.8 Å². The lowest BCUT2D eigenvalue weighted by Gasteiger charge is -2.31. The third-order valence-electron chi connectivity index (χ3n) is 5.18. The van der Waals surface area contributed by atoms with E-state index in [1.54, 1.807) is 11.8 Å². The highest BCUT2D eigenvalue weighted by molar-refractivity contribution is 7.99. The van der Waals surface area contributed by atoms with Gasteiger partial charge in [-0.1, -0.05) is 17.7 Å². The van der Waals surface area contributed by atoms with Crippen LogP contribution in [0, 0.1) is 18.8 Å². The number of piperidine rings is 1. The molecule has 2 N–H and O–H groups in total. The van der Waals surface area contributed by atoms with E-state index in [0.717, 1.165) is 31.7 Å². The van der Waals surface area contributed by atoms with E-state index in [9.17, 15) is 9.59 Å². The summed E-state index contributed by atoms with van der Waals surface area (Å²) in [4.78, 5) is 28.2. The molecule has 0 unspecified atom stereocenters. The number of likely N-dealkylation sites (tertiary alicyclic amines) is 1. The minimum Gasteiger partial charge on any atom is -0.355 e. The molecule has 0 bridgehead atoms. The van der Waals surface area contributed by atoms with Crippen LogP contribution in [-0.4, -0.2) is 55.2 Å². The zero-order valence-electron chi connectivity index (χ0n) is 15.5. The summed E-state index contributed by atoms with van der Waals surface area (Å²) in [5.74, 6) is 0.984. The quantitative estimate of drug-likeness (QED) is 0.590. The summed E-state index contributed by atoms with van der Waals surface area (Å²) >= 11 is 1.75. The number of hydrogen-bond donors (Lipinski definition) is 2. The van der Waals surface area contributed by atoms with Gasteiger partial charge >= 0.3 is 0 Å². The second-order valence-electron chi connectivity index (χ2n) is 7.27. The zero-order valence-corrected chi connectivity index (χ0v) is 16.3. The lowest BCUT2D eigenvalue weighted by atomic mass is 9.89. The summed E-state index contributed by atoms with van der Waals surface area (Å²) < 4.78 is 0. The molecule has 5 nitrogen and oxygen atoms in total. The molecule has 142 valence electrons. The highest BCUT2D eigenvalue weighted by atomic mass is 32.2. The van der Waals surface area contributed by atoms with E-state index in [-0.39, 0.29) is 23.7 Å². The van der Waals surface area contributed by atoms with Crippen molar-refractivity contribution in [3.63, 3.8) is 0 Å². The fourth-order valence-corrected chi connectivity index (χ4v) is 4.42. The normalized spacial score (nSPS) is 23.0. The van der Waals surface area contributed by atoms with Crippen LogP contribution in [0.2, 0.25) is 0 Å². The molecule has 1 aromatic rings. The number of thioether (sulfide) groups is 1. The first kappa shape index (κ1) is 19.2. The topological polar surface area (TPSA) is 61.4 Å². The van der Waals surface area contributed by atoms with Crippen molar-refractivity contribution in [3.8, 4) is 0 Å². The molecule has 0 spiro atoms. The van der Waals surface area contributed by atoms with Crippen molar-refractivity contribution in [2.75, 3.05) is 38.5 Å². The lowest BCUT2D eigenvalue weighted by Crippen LogP contribution is -2.49. The molecule has 26 heavy (non-hydrogen) atoms. The SMILES string of the molecule is Cc1ccc(SCCNC(=O)[C@H]2CNC[C@H](C(=O)N3CCCC3)C2)cc1. The average Bonchev–Trinajstić information content (AvgIpc) is 3.21. The molecule has 2 aliphatic rings.